The lowest BCUT2D eigenvalue weighted by Crippen LogP contribution is -2.14. The van der Waals surface area contributed by atoms with Gasteiger partial charge < -0.3 is 5.32 Å². The third kappa shape index (κ3) is 3.84. The fourth-order valence-corrected chi connectivity index (χ4v) is 4.25. The first-order chi connectivity index (χ1) is 12.3. The Kier molecular flexibility index (Phi) is 4.93. The normalized spacial score (nSPS) is 11.4. The Labute approximate surface area is 157 Å². The van der Waals surface area contributed by atoms with Crippen molar-refractivity contribution in [2.24, 2.45) is 0 Å². The molecule has 0 saturated heterocycles. The lowest BCUT2D eigenvalue weighted by atomic mass is 10.2. The van der Waals surface area contributed by atoms with Crippen molar-refractivity contribution >= 4 is 38.7 Å². The van der Waals surface area contributed by atoms with E-state index in [2.05, 4.69) is 20.2 Å². The van der Waals surface area contributed by atoms with E-state index in [0.717, 1.165) is 16.9 Å². The van der Waals surface area contributed by atoms with Crippen LogP contribution in [-0.2, 0) is 10.0 Å². The summed E-state index contributed by atoms with van der Waals surface area (Å²) in [5, 5.41) is 10.5. The zero-order valence-corrected chi connectivity index (χ0v) is 16.2. The van der Waals surface area contributed by atoms with Crippen LogP contribution < -0.4 is 10.0 Å². The molecule has 0 radical (unpaired) electrons. The predicted octanol–water partition coefficient (Wildman–Crippen LogP) is 4.53. The molecule has 0 amide bonds. The van der Waals surface area contributed by atoms with Gasteiger partial charge in [-0.15, -0.1) is 0 Å². The van der Waals surface area contributed by atoms with E-state index in [9.17, 15) is 8.42 Å². The summed E-state index contributed by atoms with van der Waals surface area (Å²) < 4.78 is 27.7. The number of benzene rings is 2. The van der Waals surface area contributed by atoms with Gasteiger partial charge in [-0.05, 0) is 62.7 Å². The van der Waals surface area contributed by atoms with Crippen LogP contribution in [0.15, 0.2) is 47.4 Å². The van der Waals surface area contributed by atoms with E-state index in [0.29, 0.717) is 22.1 Å². The molecule has 136 valence electrons. The third-order valence-electron chi connectivity index (χ3n) is 3.94. The number of aryl methyl sites for hydroxylation is 3. The van der Waals surface area contributed by atoms with Gasteiger partial charge in [0.15, 0.2) is 0 Å². The standard InChI is InChI=1S/C18H19ClN4O2S/c1-11-4-5-14(19)10-17(11)20-15-6-8-16(9-7-15)23-26(24,25)18-12(2)21-22-13(18)3/h4-10,20,23H,1-3H3,(H,21,22). The number of sulfonamides is 1. The molecule has 0 saturated carbocycles. The molecule has 3 N–H and O–H groups in total. The SMILES string of the molecule is Cc1ccc(Cl)cc1Nc1ccc(NS(=O)(=O)c2c(C)n[nH]c2C)cc1. The van der Waals surface area contributed by atoms with Gasteiger partial charge in [-0.1, -0.05) is 17.7 Å². The molecule has 0 aliphatic rings. The van der Waals surface area contributed by atoms with Gasteiger partial charge in [0.25, 0.3) is 10.0 Å². The van der Waals surface area contributed by atoms with Crippen molar-refractivity contribution < 1.29 is 8.42 Å². The van der Waals surface area contributed by atoms with Crippen LogP contribution in [0.4, 0.5) is 17.1 Å². The Bertz CT molecular complexity index is 1020. The van der Waals surface area contributed by atoms with E-state index >= 15 is 0 Å². The molecule has 26 heavy (non-hydrogen) atoms. The Morgan fingerprint density at radius 1 is 1.00 bits per heavy atom. The van der Waals surface area contributed by atoms with Crippen LogP contribution in [-0.4, -0.2) is 18.6 Å². The molecule has 0 aliphatic carbocycles. The Hall–Kier alpha value is -2.51. The van der Waals surface area contributed by atoms with Crippen LogP contribution in [0.1, 0.15) is 17.0 Å². The van der Waals surface area contributed by atoms with Crippen LogP contribution in [0.3, 0.4) is 0 Å². The highest BCUT2D eigenvalue weighted by atomic mass is 35.5. The number of nitrogens with one attached hydrogen (secondary N) is 3. The molecule has 2 aromatic carbocycles. The average Bonchev–Trinajstić information content (AvgIpc) is 2.92. The van der Waals surface area contributed by atoms with Gasteiger partial charge in [-0.3, -0.25) is 9.82 Å². The van der Waals surface area contributed by atoms with E-state index < -0.39 is 10.0 Å². The molecule has 1 heterocycles. The number of anilines is 3. The van der Waals surface area contributed by atoms with Gasteiger partial charge in [0.1, 0.15) is 4.90 Å². The van der Waals surface area contributed by atoms with E-state index in [1.165, 1.54) is 0 Å². The molecule has 3 rings (SSSR count). The Balaban J connectivity index is 1.79. The number of nitrogens with zero attached hydrogens (tertiary/aromatic N) is 1. The molecule has 6 nitrogen and oxygen atoms in total. The van der Waals surface area contributed by atoms with Crippen molar-refractivity contribution in [1.29, 1.82) is 0 Å². The Morgan fingerprint density at radius 2 is 1.65 bits per heavy atom. The van der Waals surface area contributed by atoms with Crippen molar-refractivity contribution in [1.82, 2.24) is 10.2 Å². The number of aromatic nitrogens is 2. The fraction of sp³-hybridized carbons (Fsp3) is 0.167. The second-order valence-corrected chi connectivity index (χ2v) is 8.09. The number of hydrogen-bond donors (Lipinski definition) is 3. The number of H-pyrrole nitrogens is 1. The average molecular weight is 391 g/mol. The maximum Gasteiger partial charge on any atom is 0.265 e. The summed E-state index contributed by atoms with van der Waals surface area (Å²) in [6, 6.07) is 12.6. The maximum atomic E-state index is 12.6. The zero-order valence-electron chi connectivity index (χ0n) is 14.6. The monoisotopic (exact) mass is 390 g/mol. The predicted molar refractivity (Wildman–Crippen MR) is 105 cm³/mol. The molecule has 0 bridgehead atoms. The Morgan fingerprint density at radius 3 is 2.27 bits per heavy atom. The topological polar surface area (TPSA) is 86.9 Å². The van der Waals surface area contributed by atoms with E-state index in [-0.39, 0.29) is 4.90 Å². The van der Waals surface area contributed by atoms with Gasteiger partial charge in [0.05, 0.1) is 11.4 Å². The largest absolute Gasteiger partial charge is 0.355 e. The molecule has 1 aromatic heterocycles. The summed E-state index contributed by atoms with van der Waals surface area (Å²) in [4.78, 5) is 0.175. The van der Waals surface area contributed by atoms with Gasteiger partial charge in [0, 0.05) is 22.1 Å². The van der Waals surface area contributed by atoms with Gasteiger partial charge in [0.2, 0.25) is 0 Å². The number of halogens is 1. The zero-order chi connectivity index (χ0) is 18.9. The third-order valence-corrected chi connectivity index (χ3v) is 5.82. The number of hydrogen-bond acceptors (Lipinski definition) is 4. The molecule has 0 spiro atoms. The second kappa shape index (κ2) is 7.01. The lowest BCUT2D eigenvalue weighted by Gasteiger charge is -2.12. The second-order valence-electron chi connectivity index (χ2n) is 6.03. The molecular weight excluding hydrogens is 372 g/mol. The first-order valence-electron chi connectivity index (χ1n) is 7.94. The quantitative estimate of drug-likeness (QED) is 0.597. The van der Waals surface area contributed by atoms with Crippen molar-refractivity contribution in [3.05, 3.63) is 64.4 Å². The van der Waals surface area contributed by atoms with Crippen molar-refractivity contribution in [3.8, 4) is 0 Å². The van der Waals surface area contributed by atoms with Crippen molar-refractivity contribution in [2.75, 3.05) is 10.0 Å². The number of aromatic amines is 1. The minimum absolute atomic E-state index is 0.175. The maximum absolute atomic E-state index is 12.6. The molecular formula is C18H19ClN4O2S. The first-order valence-corrected chi connectivity index (χ1v) is 9.80. The molecule has 0 unspecified atom stereocenters. The highest BCUT2D eigenvalue weighted by Gasteiger charge is 2.22. The number of rotatable bonds is 5. The molecule has 3 aromatic rings. The van der Waals surface area contributed by atoms with Gasteiger partial charge in [-0.2, -0.15) is 5.10 Å². The van der Waals surface area contributed by atoms with Crippen LogP contribution in [0, 0.1) is 20.8 Å². The summed E-state index contributed by atoms with van der Waals surface area (Å²) in [6.45, 7) is 5.31. The summed E-state index contributed by atoms with van der Waals surface area (Å²) in [5.74, 6) is 0. The minimum Gasteiger partial charge on any atom is -0.355 e. The van der Waals surface area contributed by atoms with Crippen LogP contribution in [0.5, 0.6) is 0 Å². The van der Waals surface area contributed by atoms with Crippen molar-refractivity contribution in [3.63, 3.8) is 0 Å². The molecule has 0 aliphatic heterocycles. The first kappa shape index (κ1) is 18.3. The summed E-state index contributed by atoms with van der Waals surface area (Å²) in [7, 11) is -3.70. The smallest absolute Gasteiger partial charge is 0.265 e. The van der Waals surface area contributed by atoms with Crippen molar-refractivity contribution in [2.45, 2.75) is 25.7 Å². The summed E-state index contributed by atoms with van der Waals surface area (Å²) >= 11 is 6.03. The fourth-order valence-electron chi connectivity index (χ4n) is 2.65. The molecule has 8 heteroatoms. The van der Waals surface area contributed by atoms with Crippen LogP contribution in [0.25, 0.3) is 0 Å². The van der Waals surface area contributed by atoms with E-state index in [1.807, 2.05) is 25.1 Å². The minimum atomic E-state index is -3.70. The summed E-state index contributed by atoms with van der Waals surface area (Å²) in [5.41, 5.74) is 4.20. The lowest BCUT2D eigenvalue weighted by molar-refractivity contribution is 0.600. The highest BCUT2D eigenvalue weighted by Crippen LogP contribution is 2.26. The van der Waals surface area contributed by atoms with E-state index in [1.54, 1.807) is 38.1 Å². The van der Waals surface area contributed by atoms with Crippen LogP contribution >= 0.6 is 11.6 Å². The van der Waals surface area contributed by atoms with Crippen LogP contribution in [0.2, 0.25) is 5.02 Å². The highest BCUT2D eigenvalue weighted by molar-refractivity contribution is 7.92. The van der Waals surface area contributed by atoms with Gasteiger partial charge >= 0.3 is 0 Å². The molecule has 0 fully saturated rings. The molecule has 0 atom stereocenters. The van der Waals surface area contributed by atoms with E-state index in [4.69, 9.17) is 11.6 Å². The van der Waals surface area contributed by atoms with Gasteiger partial charge in [-0.25, -0.2) is 8.42 Å². The summed E-state index contributed by atoms with van der Waals surface area (Å²) in [6.07, 6.45) is 0.